The van der Waals surface area contributed by atoms with Crippen LogP contribution in [0.5, 0.6) is 11.5 Å². The summed E-state index contributed by atoms with van der Waals surface area (Å²) < 4.78 is 11.2. The second-order valence-corrected chi connectivity index (χ2v) is 8.33. The molecule has 0 radical (unpaired) electrons. The zero-order chi connectivity index (χ0) is 24.9. The van der Waals surface area contributed by atoms with Gasteiger partial charge in [0.25, 0.3) is 11.7 Å². The van der Waals surface area contributed by atoms with Gasteiger partial charge in [0.15, 0.2) is 0 Å². The predicted molar refractivity (Wildman–Crippen MR) is 136 cm³/mol. The summed E-state index contributed by atoms with van der Waals surface area (Å²) in [7, 11) is 0. The van der Waals surface area contributed by atoms with Gasteiger partial charge < -0.3 is 14.6 Å². The van der Waals surface area contributed by atoms with Gasteiger partial charge in [0, 0.05) is 11.3 Å². The van der Waals surface area contributed by atoms with Crippen LogP contribution in [0.2, 0.25) is 0 Å². The van der Waals surface area contributed by atoms with Crippen LogP contribution in [0.1, 0.15) is 43.0 Å². The zero-order valence-corrected chi connectivity index (χ0v) is 20.2. The number of rotatable bonds is 8. The Morgan fingerprint density at radius 2 is 1.66 bits per heavy atom. The molecule has 1 N–H and O–H groups in total. The Hall–Kier alpha value is -4.06. The van der Waals surface area contributed by atoms with Crippen molar-refractivity contribution in [3.63, 3.8) is 0 Å². The quantitative estimate of drug-likeness (QED) is 0.255. The maximum Gasteiger partial charge on any atom is 0.300 e. The normalized spacial score (nSPS) is 17.0. The highest BCUT2D eigenvalue weighted by atomic mass is 16.5. The van der Waals surface area contributed by atoms with Crippen molar-refractivity contribution >= 4 is 23.1 Å². The van der Waals surface area contributed by atoms with E-state index in [1.807, 2.05) is 45.0 Å². The lowest BCUT2D eigenvalue weighted by molar-refractivity contribution is -0.132. The Kier molecular flexibility index (Phi) is 7.20. The summed E-state index contributed by atoms with van der Waals surface area (Å²) in [5.74, 6) is -0.396. The number of carbonyl (C=O) groups is 2. The first kappa shape index (κ1) is 24.1. The third kappa shape index (κ3) is 4.78. The van der Waals surface area contributed by atoms with Crippen LogP contribution in [0.4, 0.5) is 5.69 Å². The van der Waals surface area contributed by atoms with Crippen molar-refractivity contribution in [2.45, 2.75) is 33.2 Å². The molecule has 6 heteroatoms. The number of ether oxygens (including phenoxy) is 2. The van der Waals surface area contributed by atoms with Crippen LogP contribution >= 0.6 is 0 Å². The van der Waals surface area contributed by atoms with Crippen LogP contribution in [-0.2, 0) is 9.59 Å². The number of ketones is 1. The third-order valence-corrected chi connectivity index (χ3v) is 5.93. The van der Waals surface area contributed by atoms with Crippen molar-refractivity contribution in [3.05, 3.63) is 95.1 Å². The maximum atomic E-state index is 13.4. The van der Waals surface area contributed by atoms with E-state index in [4.69, 9.17) is 9.47 Å². The van der Waals surface area contributed by atoms with Gasteiger partial charge in [-0.2, -0.15) is 0 Å². The fourth-order valence-corrected chi connectivity index (χ4v) is 4.26. The van der Waals surface area contributed by atoms with E-state index in [0.29, 0.717) is 36.0 Å². The molecule has 3 aromatic carbocycles. The highest BCUT2D eigenvalue weighted by Gasteiger charge is 2.47. The Labute approximate surface area is 205 Å². The largest absolute Gasteiger partial charge is 0.507 e. The number of Topliss-reactive ketones (excluding diaryl/α,β-unsaturated/α-hetero) is 1. The standard InChI is InChI=1S/C29H29NO5/c1-4-17-35-23-11-8-10-20(18-23)27(31)25-26(24-12-7-6-9-19(24)3)30(29(33)28(25)32)21-13-15-22(16-14-21)34-5-2/h6-16,18,26,31H,4-5,17H2,1-3H3/b27-25+. The molecule has 1 atom stereocenters. The van der Waals surface area contributed by atoms with Gasteiger partial charge in [-0.3, -0.25) is 14.5 Å². The van der Waals surface area contributed by atoms with Crippen molar-refractivity contribution in [1.82, 2.24) is 0 Å². The molecule has 1 unspecified atom stereocenters. The van der Waals surface area contributed by atoms with Crippen LogP contribution in [0.3, 0.4) is 0 Å². The molecule has 1 fully saturated rings. The van der Waals surface area contributed by atoms with Gasteiger partial charge in [-0.25, -0.2) is 0 Å². The van der Waals surface area contributed by atoms with E-state index in [2.05, 4.69) is 0 Å². The van der Waals surface area contributed by atoms with E-state index < -0.39 is 17.7 Å². The highest BCUT2D eigenvalue weighted by Crippen LogP contribution is 2.43. The summed E-state index contributed by atoms with van der Waals surface area (Å²) in [5.41, 5.74) is 2.68. The number of aliphatic hydroxyl groups is 1. The monoisotopic (exact) mass is 471 g/mol. The third-order valence-electron chi connectivity index (χ3n) is 5.93. The van der Waals surface area contributed by atoms with Gasteiger partial charge in [-0.05, 0) is 67.8 Å². The van der Waals surface area contributed by atoms with Gasteiger partial charge in [-0.15, -0.1) is 0 Å². The predicted octanol–water partition coefficient (Wildman–Crippen LogP) is 5.81. The first-order chi connectivity index (χ1) is 17.0. The van der Waals surface area contributed by atoms with E-state index in [1.54, 1.807) is 48.5 Å². The molecular formula is C29H29NO5. The fraction of sp³-hybridized carbons (Fsp3) is 0.241. The minimum Gasteiger partial charge on any atom is -0.507 e. The second kappa shape index (κ2) is 10.5. The van der Waals surface area contributed by atoms with Gasteiger partial charge in [0.05, 0.1) is 24.8 Å². The first-order valence-corrected chi connectivity index (χ1v) is 11.8. The molecule has 180 valence electrons. The molecule has 1 amide bonds. The summed E-state index contributed by atoms with van der Waals surface area (Å²) in [4.78, 5) is 28.1. The van der Waals surface area contributed by atoms with Crippen LogP contribution in [0.15, 0.2) is 78.4 Å². The van der Waals surface area contributed by atoms with Crippen LogP contribution in [0, 0.1) is 6.92 Å². The topological polar surface area (TPSA) is 76.1 Å². The molecule has 6 nitrogen and oxygen atoms in total. The van der Waals surface area contributed by atoms with E-state index in [1.165, 1.54) is 4.90 Å². The molecule has 35 heavy (non-hydrogen) atoms. The van der Waals surface area contributed by atoms with Gasteiger partial charge in [-0.1, -0.05) is 43.3 Å². The average Bonchev–Trinajstić information content (AvgIpc) is 3.13. The highest BCUT2D eigenvalue weighted by molar-refractivity contribution is 6.51. The zero-order valence-electron chi connectivity index (χ0n) is 20.2. The smallest absolute Gasteiger partial charge is 0.300 e. The number of hydrogen-bond acceptors (Lipinski definition) is 5. The number of hydrogen-bond donors (Lipinski definition) is 1. The number of amides is 1. The number of nitrogens with zero attached hydrogens (tertiary/aromatic N) is 1. The summed E-state index contributed by atoms with van der Waals surface area (Å²) in [6.45, 7) is 6.89. The average molecular weight is 472 g/mol. The van der Waals surface area contributed by atoms with Crippen LogP contribution in [-0.4, -0.2) is 30.0 Å². The summed E-state index contributed by atoms with van der Waals surface area (Å²) in [6.07, 6.45) is 0.844. The van der Waals surface area contributed by atoms with Crippen molar-refractivity contribution < 1.29 is 24.2 Å². The molecule has 0 saturated carbocycles. The van der Waals surface area contributed by atoms with E-state index >= 15 is 0 Å². The molecule has 0 spiro atoms. The SMILES string of the molecule is CCCOc1cccc(/C(O)=C2\C(=O)C(=O)N(c3ccc(OCC)cc3)C2c2ccccc2C)c1. The van der Waals surface area contributed by atoms with Crippen molar-refractivity contribution in [2.75, 3.05) is 18.1 Å². The molecule has 1 aliphatic rings. The Morgan fingerprint density at radius 3 is 2.34 bits per heavy atom. The first-order valence-electron chi connectivity index (χ1n) is 11.8. The van der Waals surface area contributed by atoms with Crippen LogP contribution in [0.25, 0.3) is 5.76 Å². The number of aryl methyl sites for hydroxylation is 1. The van der Waals surface area contributed by atoms with Crippen LogP contribution < -0.4 is 14.4 Å². The van der Waals surface area contributed by atoms with Gasteiger partial charge >= 0.3 is 0 Å². The van der Waals surface area contributed by atoms with Gasteiger partial charge in [0.2, 0.25) is 0 Å². The van der Waals surface area contributed by atoms with E-state index in [-0.39, 0.29) is 11.3 Å². The molecule has 0 aliphatic carbocycles. The van der Waals surface area contributed by atoms with Gasteiger partial charge in [0.1, 0.15) is 17.3 Å². The number of aliphatic hydroxyl groups excluding tert-OH is 1. The van der Waals surface area contributed by atoms with Crippen molar-refractivity contribution in [3.8, 4) is 11.5 Å². The lowest BCUT2D eigenvalue weighted by atomic mass is 9.92. The molecule has 0 bridgehead atoms. The Morgan fingerprint density at radius 1 is 0.914 bits per heavy atom. The Balaban J connectivity index is 1.87. The molecule has 1 aliphatic heterocycles. The summed E-state index contributed by atoms with van der Waals surface area (Å²) in [6, 6.07) is 20.7. The lowest BCUT2D eigenvalue weighted by Gasteiger charge is -2.26. The number of carbonyl (C=O) groups excluding carboxylic acids is 2. The molecule has 3 aromatic rings. The van der Waals surface area contributed by atoms with Crippen molar-refractivity contribution in [2.24, 2.45) is 0 Å². The number of benzene rings is 3. The molecular weight excluding hydrogens is 442 g/mol. The maximum absolute atomic E-state index is 13.4. The summed E-state index contributed by atoms with van der Waals surface area (Å²) >= 11 is 0. The molecule has 1 saturated heterocycles. The van der Waals surface area contributed by atoms with Crippen molar-refractivity contribution in [1.29, 1.82) is 0 Å². The lowest BCUT2D eigenvalue weighted by Crippen LogP contribution is -2.29. The molecule has 1 heterocycles. The van der Waals surface area contributed by atoms with E-state index in [9.17, 15) is 14.7 Å². The Bertz CT molecular complexity index is 1260. The minimum absolute atomic E-state index is 0.0471. The van der Waals surface area contributed by atoms with E-state index in [0.717, 1.165) is 17.5 Å². The molecule has 0 aromatic heterocycles. The number of anilines is 1. The second-order valence-electron chi connectivity index (χ2n) is 8.33. The summed E-state index contributed by atoms with van der Waals surface area (Å²) in [5, 5.41) is 11.4. The molecule has 4 rings (SSSR count). The fourth-order valence-electron chi connectivity index (χ4n) is 4.26. The minimum atomic E-state index is -0.783.